The van der Waals surface area contributed by atoms with Gasteiger partial charge >= 0.3 is 5.97 Å². The molecule has 0 bridgehead atoms. The SMILES string of the molecule is CC/C=C(\C)[C@H](O)[C@@H](C)C(=O)NCC(=O)[C@@H](C)[C@@H](O)[C@H](C)C(=O)O. The third-order valence-electron chi connectivity index (χ3n) is 4.24. The lowest BCUT2D eigenvalue weighted by atomic mass is 9.90. The van der Waals surface area contributed by atoms with Gasteiger partial charge in [0.15, 0.2) is 5.78 Å². The summed E-state index contributed by atoms with van der Waals surface area (Å²) in [6.07, 6.45) is 0.304. The third-order valence-corrected chi connectivity index (χ3v) is 4.24. The zero-order valence-corrected chi connectivity index (χ0v) is 14.9. The Morgan fingerprint density at radius 3 is 2.04 bits per heavy atom. The highest BCUT2D eigenvalue weighted by molar-refractivity contribution is 5.89. The second kappa shape index (κ2) is 10.2. The Morgan fingerprint density at radius 1 is 1.04 bits per heavy atom. The molecule has 7 nitrogen and oxygen atoms in total. The standard InChI is InChI=1S/C17H29NO6/c1-6-7-9(2)14(20)11(4)16(22)18-8-13(19)10(3)15(21)12(5)17(23)24/h7,10-12,14-15,20-21H,6,8H2,1-5H3,(H,18,22)(H,23,24)/b9-7+/t10-,11-,12+,14+,15-/m1/s1. The van der Waals surface area contributed by atoms with Crippen LogP contribution in [0.1, 0.15) is 41.0 Å². The molecule has 0 radical (unpaired) electrons. The lowest BCUT2D eigenvalue weighted by Gasteiger charge is -2.22. The zero-order chi connectivity index (χ0) is 19.0. The van der Waals surface area contributed by atoms with Crippen molar-refractivity contribution in [1.82, 2.24) is 5.32 Å². The van der Waals surface area contributed by atoms with Crippen molar-refractivity contribution < 1.29 is 29.7 Å². The minimum Gasteiger partial charge on any atom is -0.481 e. The summed E-state index contributed by atoms with van der Waals surface area (Å²) in [5.41, 5.74) is 0.686. The van der Waals surface area contributed by atoms with E-state index in [1.807, 2.05) is 13.0 Å². The Balaban J connectivity index is 4.62. The van der Waals surface area contributed by atoms with E-state index in [2.05, 4.69) is 5.32 Å². The quantitative estimate of drug-likeness (QED) is 0.434. The van der Waals surface area contributed by atoms with Crippen LogP contribution in [-0.4, -0.2) is 51.7 Å². The maximum Gasteiger partial charge on any atom is 0.308 e. The smallest absolute Gasteiger partial charge is 0.308 e. The summed E-state index contributed by atoms with van der Waals surface area (Å²) in [7, 11) is 0. The van der Waals surface area contributed by atoms with Gasteiger partial charge in [-0.1, -0.05) is 26.8 Å². The number of carbonyl (C=O) groups excluding carboxylic acids is 2. The van der Waals surface area contributed by atoms with E-state index in [9.17, 15) is 24.6 Å². The molecule has 7 heteroatoms. The number of carboxylic acid groups (broad SMARTS) is 1. The van der Waals surface area contributed by atoms with Crippen LogP contribution >= 0.6 is 0 Å². The fourth-order valence-corrected chi connectivity index (χ4v) is 2.25. The molecular weight excluding hydrogens is 314 g/mol. The number of hydrogen-bond acceptors (Lipinski definition) is 5. The van der Waals surface area contributed by atoms with Gasteiger partial charge in [-0.05, 0) is 25.8 Å². The first-order valence-corrected chi connectivity index (χ1v) is 8.10. The van der Waals surface area contributed by atoms with Crippen LogP contribution in [0.5, 0.6) is 0 Å². The summed E-state index contributed by atoms with van der Waals surface area (Å²) < 4.78 is 0. The number of carboxylic acids is 1. The van der Waals surface area contributed by atoms with Crippen molar-refractivity contribution >= 4 is 17.7 Å². The first-order chi connectivity index (χ1) is 11.0. The van der Waals surface area contributed by atoms with Crippen molar-refractivity contribution in [1.29, 1.82) is 0 Å². The molecule has 0 unspecified atom stereocenters. The highest BCUT2D eigenvalue weighted by atomic mass is 16.4. The number of carbonyl (C=O) groups is 3. The molecule has 138 valence electrons. The number of rotatable bonds is 10. The Hall–Kier alpha value is -1.73. The van der Waals surface area contributed by atoms with E-state index in [1.165, 1.54) is 13.8 Å². The van der Waals surface area contributed by atoms with Crippen molar-refractivity contribution in [3.63, 3.8) is 0 Å². The topological polar surface area (TPSA) is 124 Å². The van der Waals surface area contributed by atoms with Gasteiger partial charge in [-0.2, -0.15) is 0 Å². The Bertz CT molecular complexity index is 487. The van der Waals surface area contributed by atoms with Crippen LogP contribution < -0.4 is 5.32 Å². The van der Waals surface area contributed by atoms with Crippen LogP contribution in [0.25, 0.3) is 0 Å². The summed E-state index contributed by atoms with van der Waals surface area (Å²) >= 11 is 0. The van der Waals surface area contributed by atoms with E-state index in [1.54, 1.807) is 13.8 Å². The van der Waals surface area contributed by atoms with Gasteiger partial charge in [-0.3, -0.25) is 14.4 Å². The number of Topliss-reactive ketones (excluding diaryl/α,β-unsaturated/α-hetero) is 1. The molecule has 0 fully saturated rings. The normalized spacial score (nSPS) is 18.2. The number of nitrogens with one attached hydrogen (secondary N) is 1. The van der Waals surface area contributed by atoms with Crippen molar-refractivity contribution in [2.45, 2.75) is 53.2 Å². The van der Waals surface area contributed by atoms with Gasteiger partial charge < -0.3 is 20.6 Å². The van der Waals surface area contributed by atoms with Crippen molar-refractivity contribution in [3.8, 4) is 0 Å². The molecule has 0 aliphatic rings. The number of allylic oxidation sites excluding steroid dienone is 1. The van der Waals surface area contributed by atoms with E-state index >= 15 is 0 Å². The van der Waals surface area contributed by atoms with E-state index in [0.717, 1.165) is 6.42 Å². The summed E-state index contributed by atoms with van der Waals surface area (Å²) in [5, 5.41) is 31.2. The minimum atomic E-state index is -1.33. The number of aliphatic hydroxyl groups excluding tert-OH is 2. The minimum absolute atomic E-state index is 0.322. The predicted molar refractivity (Wildman–Crippen MR) is 89.2 cm³/mol. The molecule has 24 heavy (non-hydrogen) atoms. The van der Waals surface area contributed by atoms with E-state index in [-0.39, 0.29) is 6.54 Å². The molecule has 0 saturated heterocycles. The number of hydrogen-bond donors (Lipinski definition) is 4. The third kappa shape index (κ3) is 6.41. The summed E-state index contributed by atoms with van der Waals surface area (Å²) in [5.74, 6) is -4.86. The maximum absolute atomic E-state index is 12.0. The van der Waals surface area contributed by atoms with Crippen LogP contribution in [0.4, 0.5) is 0 Å². The fourth-order valence-electron chi connectivity index (χ4n) is 2.25. The van der Waals surface area contributed by atoms with Crippen LogP contribution in [0.15, 0.2) is 11.6 Å². The Labute approximate surface area is 142 Å². The summed E-state index contributed by atoms with van der Waals surface area (Å²) in [6.45, 7) is 7.63. The van der Waals surface area contributed by atoms with E-state index < -0.39 is 47.6 Å². The Morgan fingerprint density at radius 2 is 1.58 bits per heavy atom. The number of ketones is 1. The largest absolute Gasteiger partial charge is 0.481 e. The van der Waals surface area contributed by atoms with Crippen molar-refractivity contribution in [2.75, 3.05) is 6.54 Å². The maximum atomic E-state index is 12.0. The molecule has 0 aliphatic heterocycles. The molecule has 0 saturated carbocycles. The summed E-state index contributed by atoms with van der Waals surface area (Å²) in [4.78, 5) is 34.9. The molecule has 0 rings (SSSR count). The molecule has 0 aliphatic carbocycles. The first-order valence-electron chi connectivity index (χ1n) is 8.10. The number of aliphatic carboxylic acids is 1. The average Bonchev–Trinajstić information content (AvgIpc) is 2.55. The molecule has 4 N–H and O–H groups in total. The first kappa shape index (κ1) is 22.3. The lowest BCUT2D eigenvalue weighted by Crippen LogP contribution is -2.43. The molecule has 5 atom stereocenters. The molecule has 0 aromatic rings. The molecule has 0 aromatic heterocycles. The monoisotopic (exact) mass is 343 g/mol. The van der Waals surface area contributed by atoms with Gasteiger partial charge in [0, 0.05) is 5.92 Å². The highest BCUT2D eigenvalue weighted by Gasteiger charge is 2.31. The molecule has 0 heterocycles. The van der Waals surface area contributed by atoms with Crippen LogP contribution in [-0.2, 0) is 14.4 Å². The zero-order valence-electron chi connectivity index (χ0n) is 14.9. The van der Waals surface area contributed by atoms with Gasteiger partial charge in [-0.25, -0.2) is 0 Å². The van der Waals surface area contributed by atoms with Gasteiger partial charge in [0.25, 0.3) is 0 Å². The number of amides is 1. The molecule has 0 aromatic carbocycles. The van der Waals surface area contributed by atoms with Crippen molar-refractivity contribution in [2.24, 2.45) is 17.8 Å². The van der Waals surface area contributed by atoms with Crippen LogP contribution in [0, 0.1) is 17.8 Å². The van der Waals surface area contributed by atoms with Gasteiger partial charge in [0.05, 0.1) is 30.6 Å². The molecular formula is C17H29NO6. The second-order valence-corrected chi connectivity index (χ2v) is 6.18. The highest BCUT2D eigenvalue weighted by Crippen LogP contribution is 2.15. The second-order valence-electron chi connectivity index (χ2n) is 6.18. The van der Waals surface area contributed by atoms with Crippen LogP contribution in [0.3, 0.4) is 0 Å². The predicted octanol–water partition coefficient (Wildman–Crippen LogP) is 0.743. The van der Waals surface area contributed by atoms with E-state index in [0.29, 0.717) is 5.57 Å². The molecule has 1 amide bonds. The van der Waals surface area contributed by atoms with E-state index in [4.69, 9.17) is 5.11 Å². The van der Waals surface area contributed by atoms with Crippen LogP contribution in [0.2, 0.25) is 0 Å². The van der Waals surface area contributed by atoms with Gasteiger partial charge in [0.2, 0.25) is 5.91 Å². The Kier molecular flexibility index (Phi) is 9.47. The fraction of sp³-hybridized carbons (Fsp3) is 0.706. The van der Waals surface area contributed by atoms with Gasteiger partial charge in [0.1, 0.15) is 0 Å². The average molecular weight is 343 g/mol. The van der Waals surface area contributed by atoms with Crippen molar-refractivity contribution in [3.05, 3.63) is 11.6 Å². The lowest BCUT2D eigenvalue weighted by molar-refractivity contribution is -0.147. The summed E-state index contributed by atoms with van der Waals surface area (Å²) in [6, 6.07) is 0. The number of aliphatic hydroxyl groups is 2. The van der Waals surface area contributed by atoms with Gasteiger partial charge in [-0.15, -0.1) is 0 Å². The molecule has 0 spiro atoms.